The van der Waals surface area contributed by atoms with Crippen LogP contribution in [0.1, 0.15) is 32.8 Å². The molecule has 1 aromatic carbocycles. The summed E-state index contributed by atoms with van der Waals surface area (Å²) >= 11 is 0. The van der Waals surface area contributed by atoms with E-state index in [1.165, 1.54) is 0 Å². The van der Waals surface area contributed by atoms with E-state index in [9.17, 15) is 0 Å². The predicted molar refractivity (Wildman–Crippen MR) is 81.8 cm³/mol. The number of methoxy groups -OCH3 is 1. The molecule has 0 aromatic heterocycles. The molecule has 0 amide bonds. The molecule has 0 saturated heterocycles. The third-order valence-electron chi connectivity index (χ3n) is 4.44. The highest BCUT2D eigenvalue weighted by Crippen LogP contribution is 2.42. The Labute approximate surface area is 121 Å². The molecule has 1 aliphatic rings. The molecule has 4 nitrogen and oxygen atoms in total. The van der Waals surface area contributed by atoms with E-state index in [1.807, 2.05) is 18.2 Å². The highest BCUT2D eigenvalue weighted by molar-refractivity contribution is 5.51. The zero-order valence-electron chi connectivity index (χ0n) is 12.9. The van der Waals surface area contributed by atoms with Gasteiger partial charge in [-0.3, -0.25) is 0 Å². The summed E-state index contributed by atoms with van der Waals surface area (Å²) in [6.07, 6.45) is 1.43. The number of anilines is 1. The van der Waals surface area contributed by atoms with Crippen molar-refractivity contribution in [3.8, 4) is 5.75 Å². The summed E-state index contributed by atoms with van der Waals surface area (Å²) in [4.78, 5) is 0. The fourth-order valence-corrected chi connectivity index (χ4v) is 2.81. The molecular formula is C16H26N2O2. The molecule has 20 heavy (non-hydrogen) atoms. The van der Waals surface area contributed by atoms with Gasteiger partial charge in [-0.25, -0.2) is 0 Å². The van der Waals surface area contributed by atoms with E-state index < -0.39 is 0 Å². The van der Waals surface area contributed by atoms with Crippen LogP contribution in [0.15, 0.2) is 18.2 Å². The van der Waals surface area contributed by atoms with Crippen LogP contribution < -0.4 is 15.8 Å². The zero-order chi connectivity index (χ0) is 14.8. The van der Waals surface area contributed by atoms with Crippen LogP contribution in [0.2, 0.25) is 0 Å². The Morgan fingerprint density at radius 3 is 2.70 bits per heavy atom. The molecular weight excluding hydrogens is 252 g/mol. The molecule has 0 radical (unpaired) electrons. The van der Waals surface area contributed by atoms with Gasteiger partial charge >= 0.3 is 0 Å². The first-order chi connectivity index (χ1) is 9.48. The van der Waals surface area contributed by atoms with Gasteiger partial charge in [0.15, 0.2) is 0 Å². The van der Waals surface area contributed by atoms with Crippen LogP contribution in [0, 0.1) is 5.41 Å². The number of hydrogen-bond acceptors (Lipinski definition) is 4. The van der Waals surface area contributed by atoms with E-state index in [0.717, 1.165) is 36.6 Å². The second-order valence-electron chi connectivity index (χ2n) is 6.00. The maximum Gasteiger partial charge on any atom is 0.120 e. The van der Waals surface area contributed by atoms with Crippen molar-refractivity contribution in [3.05, 3.63) is 23.8 Å². The average Bonchev–Trinajstić information content (AvgIpc) is 2.43. The number of nitrogens with two attached hydrogens (primary N) is 1. The molecule has 3 N–H and O–H groups in total. The third kappa shape index (κ3) is 2.91. The summed E-state index contributed by atoms with van der Waals surface area (Å²) in [6.45, 7) is 8.13. The van der Waals surface area contributed by atoms with E-state index in [1.54, 1.807) is 7.11 Å². The van der Waals surface area contributed by atoms with E-state index in [-0.39, 0.29) is 5.41 Å². The zero-order valence-corrected chi connectivity index (χ0v) is 12.9. The molecule has 0 aliphatic heterocycles. The third-order valence-corrected chi connectivity index (χ3v) is 4.44. The lowest BCUT2D eigenvalue weighted by Gasteiger charge is -2.52. The second kappa shape index (κ2) is 6.02. The van der Waals surface area contributed by atoms with Crippen LogP contribution in [0.3, 0.4) is 0 Å². The van der Waals surface area contributed by atoms with Gasteiger partial charge in [-0.1, -0.05) is 19.9 Å². The van der Waals surface area contributed by atoms with Crippen molar-refractivity contribution < 1.29 is 9.47 Å². The Morgan fingerprint density at radius 1 is 1.40 bits per heavy atom. The molecule has 1 saturated carbocycles. The number of ether oxygens (including phenoxy) is 2. The van der Waals surface area contributed by atoms with Crippen molar-refractivity contribution in [1.82, 2.24) is 5.32 Å². The Hall–Kier alpha value is -1.26. The maximum atomic E-state index is 6.04. The molecule has 1 aliphatic carbocycles. The topological polar surface area (TPSA) is 56.5 Å². The smallest absolute Gasteiger partial charge is 0.120 e. The summed E-state index contributed by atoms with van der Waals surface area (Å²) in [5, 5.41) is 3.59. The number of benzene rings is 1. The van der Waals surface area contributed by atoms with Gasteiger partial charge in [0, 0.05) is 36.4 Å². The molecule has 1 fully saturated rings. The van der Waals surface area contributed by atoms with Crippen LogP contribution in [0.4, 0.5) is 5.69 Å². The van der Waals surface area contributed by atoms with E-state index in [4.69, 9.17) is 15.2 Å². The fraction of sp³-hybridized carbons (Fsp3) is 0.625. The van der Waals surface area contributed by atoms with Crippen molar-refractivity contribution in [3.63, 3.8) is 0 Å². The first-order valence-corrected chi connectivity index (χ1v) is 7.26. The molecule has 1 aromatic rings. The quantitative estimate of drug-likeness (QED) is 0.785. The maximum absolute atomic E-state index is 6.04. The van der Waals surface area contributed by atoms with Gasteiger partial charge in [0.2, 0.25) is 0 Å². The minimum absolute atomic E-state index is 0.178. The minimum atomic E-state index is 0.178. The number of rotatable bonds is 6. The normalized spacial score (nSPS) is 24.2. The highest BCUT2D eigenvalue weighted by atomic mass is 16.5. The van der Waals surface area contributed by atoms with Crippen molar-refractivity contribution in [2.24, 2.45) is 5.41 Å². The first kappa shape index (κ1) is 15.1. The van der Waals surface area contributed by atoms with Crippen molar-refractivity contribution in [2.75, 3.05) is 19.5 Å². The molecule has 4 heteroatoms. The molecule has 2 atom stereocenters. The summed E-state index contributed by atoms with van der Waals surface area (Å²) in [5.74, 6) is 0.798. The lowest BCUT2D eigenvalue weighted by atomic mass is 9.64. The summed E-state index contributed by atoms with van der Waals surface area (Å²) in [7, 11) is 1.65. The van der Waals surface area contributed by atoms with Crippen molar-refractivity contribution in [1.29, 1.82) is 0 Å². The monoisotopic (exact) mass is 278 g/mol. The largest absolute Gasteiger partial charge is 0.497 e. The van der Waals surface area contributed by atoms with Gasteiger partial charge in [0.1, 0.15) is 5.75 Å². The van der Waals surface area contributed by atoms with E-state index in [2.05, 4.69) is 26.1 Å². The Bertz CT molecular complexity index is 460. The summed E-state index contributed by atoms with van der Waals surface area (Å²) in [6, 6.07) is 6.31. The fourth-order valence-electron chi connectivity index (χ4n) is 2.81. The second-order valence-corrected chi connectivity index (χ2v) is 6.00. The molecule has 0 heterocycles. The van der Waals surface area contributed by atoms with Gasteiger partial charge in [0.25, 0.3) is 0 Å². The lowest BCUT2D eigenvalue weighted by Crippen LogP contribution is -2.60. The van der Waals surface area contributed by atoms with Crippen LogP contribution in [0.25, 0.3) is 0 Å². The Kier molecular flexibility index (Phi) is 4.55. The summed E-state index contributed by atoms with van der Waals surface area (Å²) in [5.41, 5.74) is 8.10. The molecule has 2 rings (SSSR count). The van der Waals surface area contributed by atoms with Crippen molar-refractivity contribution in [2.45, 2.75) is 45.9 Å². The molecule has 112 valence electrons. The minimum Gasteiger partial charge on any atom is -0.497 e. The molecule has 0 spiro atoms. The number of nitrogen functional groups attached to an aromatic ring is 1. The highest BCUT2D eigenvalue weighted by Gasteiger charge is 2.48. The number of nitrogens with one attached hydrogen (secondary N) is 1. The van der Waals surface area contributed by atoms with Gasteiger partial charge in [0.05, 0.1) is 13.2 Å². The van der Waals surface area contributed by atoms with E-state index >= 15 is 0 Å². The van der Waals surface area contributed by atoms with Gasteiger partial charge < -0.3 is 20.5 Å². The van der Waals surface area contributed by atoms with Crippen molar-refractivity contribution >= 4 is 5.69 Å². The van der Waals surface area contributed by atoms with Crippen LogP contribution in [-0.2, 0) is 11.3 Å². The van der Waals surface area contributed by atoms with Crippen LogP contribution >= 0.6 is 0 Å². The van der Waals surface area contributed by atoms with E-state index in [0.29, 0.717) is 12.1 Å². The lowest BCUT2D eigenvalue weighted by molar-refractivity contribution is -0.114. The SMILES string of the molecule is CCOC1CC(NCc2ccc(OC)cc2N)C1(C)C. The van der Waals surface area contributed by atoms with Gasteiger partial charge in [-0.2, -0.15) is 0 Å². The van der Waals surface area contributed by atoms with Crippen LogP contribution in [-0.4, -0.2) is 25.9 Å². The number of hydrogen-bond donors (Lipinski definition) is 2. The van der Waals surface area contributed by atoms with Gasteiger partial charge in [-0.05, 0) is 25.0 Å². The standard InChI is InChI=1S/C16H26N2O2/c1-5-20-15-9-14(16(15,2)3)18-10-11-6-7-12(19-4)8-13(11)17/h6-8,14-15,18H,5,9-10,17H2,1-4H3. The van der Waals surface area contributed by atoms with Gasteiger partial charge in [-0.15, -0.1) is 0 Å². The summed E-state index contributed by atoms with van der Waals surface area (Å²) < 4.78 is 10.9. The predicted octanol–water partition coefficient (Wildman–Crippen LogP) is 2.57. The molecule has 2 unspecified atom stereocenters. The van der Waals surface area contributed by atoms with Crippen LogP contribution in [0.5, 0.6) is 5.75 Å². The first-order valence-electron chi connectivity index (χ1n) is 7.26. The Morgan fingerprint density at radius 2 is 2.15 bits per heavy atom. The average molecular weight is 278 g/mol. The molecule has 0 bridgehead atoms. The Balaban J connectivity index is 1.90.